The number of rotatable bonds is 12. The molecule has 0 atom stereocenters. The molecule has 0 saturated carbocycles. The highest BCUT2D eigenvalue weighted by Gasteiger charge is 2.15. The van der Waals surface area contributed by atoms with Crippen LogP contribution in [0.25, 0.3) is 0 Å². The van der Waals surface area contributed by atoms with E-state index in [-0.39, 0.29) is 0 Å². The van der Waals surface area contributed by atoms with Gasteiger partial charge in [0.05, 0.1) is 74.2 Å². The fourth-order valence-electron chi connectivity index (χ4n) is 2.98. The van der Waals surface area contributed by atoms with E-state index in [0.29, 0.717) is 0 Å². The number of benzene rings is 1. The molecule has 0 aliphatic heterocycles. The van der Waals surface area contributed by atoms with Crippen LogP contribution in [0.4, 0.5) is 0 Å². The SMILES string of the molecule is COc1ccc(OC)c(C[NH+](CCC[NH+](C)C)CCC[NH+](C)C)c1. The van der Waals surface area contributed by atoms with Gasteiger partial charge in [-0.15, -0.1) is 0 Å². The second-order valence-corrected chi connectivity index (χ2v) is 7.23. The predicted molar refractivity (Wildman–Crippen MR) is 98.5 cm³/mol. The van der Waals surface area contributed by atoms with Crippen molar-refractivity contribution in [1.82, 2.24) is 0 Å². The molecule has 1 aromatic rings. The molecule has 24 heavy (non-hydrogen) atoms. The summed E-state index contributed by atoms with van der Waals surface area (Å²) >= 11 is 0. The number of methoxy groups -OCH3 is 2. The Morgan fingerprint density at radius 3 is 1.83 bits per heavy atom. The normalized spacial score (nSPS) is 11.5. The molecule has 0 aliphatic rings. The van der Waals surface area contributed by atoms with Gasteiger partial charge in [0.2, 0.25) is 0 Å². The molecule has 0 spiro atoms. The molecule has 0 bridgehead atoms. The number of hydrogen-bond donors (Lipinski definition) is 3. The first kappa shape index (κ1) is 20.7. The first-order chi connectivity index (χ1) is 11.5. The van der Waals surface area contributed by atoms with Crippen LogP contribution in [0, 0.1) is 0 Å². The van der Waals surface area contributed by atoms with Crippen molar-refractivity contribution in [3.05, 3.63) is 23.8 Å². The fraction of sp³-hybridized carbons (Fsp3) is 0.684. The minimum Gasteiger partial charge on any atom is -0.497 e. The Morgan fingerprint density at radius 2 is 1.38 bits per heavy atom. The molecule has 0 amide bonds. The maximum Gasteiger partial charge on any atom is 0.127 e. The summed E-state index contributed by atoms with van der Waals surface area (Å²) in [4.78, 5) is 4.67. The average Bonchev–Trinajstić information content (AvgIpc) is 2.53. The largest absolute Gasteiger partial charge is 0.497 e. The maximum absolute atomic E-state index is 5.55. The van der Waals surface area contributed by atoms with Crippen LogP contribution in [0.15, 0.2) is 18.2 Å². The first-order valence-corrected chi connectivity index (χ1v) is 9.08. The van der Waals surface area contributed by atoms with Crippen LogP contribution in [0.3, 0.4) is 0 Å². The Kier molecular flexibility index (Phi) is 9.76. The Labute approximate surface area is 148 Å². The van der Waals surface area contributed by atoms with Crippen molar-refractivity contribution in [2.24, 2.45) is 0 Å². The molecule has 0 aliphatic carbocycles. The van der Waals surface area contributed by atoms with Gasteiger partial charge in [0.25, 0.3) is 0 Å². The minimum atomic E-state index is 0.903. The summed E-state index contributed by atoms with van der Waals surface area (Å²) in [6.07, 6.45) is 2.50. The molecule has 138 valence electrons. The van der Waals surface area contributed by atoms with Crippen molar-refractivity contribution < 1.29 is 24.2 Å². The van der Waals surface area contributed by atoms with Crippen molar-refractivity contribution in [2.75, 3.05) is 68.6 Å². The van der Waals surface area contributed by atoms with Gasteiger partial charge in [0, 0.05) is 12.8 Å². The van der Waals surface area contributed by atoms with E-state index in [1.54, 1.807) is 19.1 Å². The van der Waals surface area contributed by atoms with Gasteiger partial charge in [-0.1, -0.05) is 0 Å². The Balaban J connectivity index is 2.73. The van der Waals surface area contributed by atoms with Gasteiger partial charge >= 0.3 is 0 Å². The van der Waals surface area contributed by atoms with E-state index in [1.807, 2.05) is 12.1 Å². The van der Waals surface area contributed by atoms with Crippen molar-refractivity contribution in [3.8, 4) is 11.5 Å². The van der Waals surface area contributed by atoms with Crippen LogP contribution in [0.2, 0.25) is 0 Å². The van der Waals surface area contributed by atoms with Crippen LogP contribution in [0.5, 0.6) is 11.5 Å². The van der Waals surface area contributed by atoms with Crippen LogP contribution in [0.1, 0.15) is 18.4 Å². The molecular weight excluding hydrogens is 302 g/mol. The van der Waals surface area contributed by atoms with Gasteiger partial charge in [-0.05, 0) is 18.2 Å². The molecule has 0 unspecified atom stereocenters. The quantitative estimate of drug-likeness (QED) is 0.418. The zero-order chi connectivity index (χ0) is 17.9. The van der Waals surface area contributed by atoms with Gasteiger partial charge in [-0.25, -0.2) is 0 Å². The van der Waals surface area contributed by atoms with Gasteiger partial charge in [0.15, 0.2) is 0 Å². The number of nitrogens with one attached hydrogen (secondary N) is 3. The third kappa shape index (κ3) is 7.99. The number of quaternary nitrogens is 3. The van der Waals surface area contributed by atoms with Crippen LogP contribution in [-0.4, -0.2) is 68.6 Å². The molecule has 0 radical (unpaired) electrons. The summed E-state index contributed by atoms with van der Waals surface area (Å²) in [5.41, 5.74) is 1.24. The van der Waals surface area contributed by atoms with Crippen LogP contribution >= 0.6 is 0 Å². The zero-order valence-electron chi connectivity index (χ0n) is 16.5. The lowest BCUT2D eigenvalue weighted by molar-refractivity contribution is -0.925. The molecule has 1 rings (SSSR count). The Bertz CT molecular complexity index is 450. The van der Waals surface area contributed by atoms with Crippen LogP contribution in [-0.2, 0) is 6.54 Å². The summed E-state index contributed by atoms with van der Waals surface area (Å²) in [7, 11) is 12.4. The number of ether oxygens (including phenoxy) is 2. The Hall–Kier alpha value is -1.30. The summed E-state index contributed by atoms with van der Waals surface area (Å²) in [5, 5.41) is 0. The molecule has 3 N–H and O–H groups in total. The van der Waals surface area contributed by atoms with E-state index >= 15 is 0 Å². The van der Waals surface area contributed by atoms with Crippen molar-refractivity contribution >= 4 is 0 Å². The summed E-state index contributed by atoms with van der Waals surface area (Å²) in [6.45, 7) is 5.84. The van der Waals surface area contributed by atoms with Gasteiger partial charge in [-0.2, -0.15) is 0 Å². The molecule has 1 aromatic carbocycles. The van der Waals surface area contributed by atoms with E-state index in [0.717, 1.165) is 18.0 Å². The van der Waals surface area contributed by atoms with Gasteiger partial charge in [0.1, 0.15) is 18.0 Å². The molecule has 5 nitrogen and oxygen atoms in total. The van der Waals surface area contributed by atoms with E-state index in [9.17, 15) is 0 Å². The second-order valence-electron chi connectivity index (χ2n) is 7.23. The summed E-state index contributed by atoms with van der Waals surface area (Å²) < 4.78 is 10.9. The second kappa shape index (κ2) is 11.3. The molecular formula is C19H38N3O2+3. The lowest BCUT2D eigenvalue weighted by Gasteiger charge is -2.22. The highest BCUT2D eigenvalue weighted by atomic mass is 16.5. The smallest absolute Gasteiger partial charge is 0.127 e. The average molecular weight is 341 g/mol. The molecule has 0 fully saturated rings. The summed E-state index contributed by atoms with van der Waals surface area (Å²) in [5.74, 6) is 1.87. The highest BCUT2D eigenvalue weighted by molar-refractivity contribution is 5.39. The first-order valence-electron chi connectivity index (χ1n) is 9.08. The fourth-order valence-corrected chi connectivity index (χ4v) is 2.98. The molecule has 0 heterocycles. The monoisotopic (exact) mass is 340 g/mol. The summed E-state index contributed by atoms with van der Waals surface area (Å²) in [6, 6.07) is 6.10. The van der Waals surface area contributed by atoms with Crippen molar-refractivity contribution in [2.45, 2.75) is 19.4 Å². The zero-order valence-corrected chi connectivity index (χ0v) is 16.5. The molecule has 0 aromatic heterocycles. The standard InChI is InChI=1S/C19H35N3O2/c1-20(2)11-7-13-22(14-8-12-21(3)4)16-17-15-18(23-5)9-10-19(17)24-6/h9-10,15H,7-8,11-14,16H2,1-6H3/p+3. The molecule has 5 heteroatoms. The van der Waals surface area contributed by atoms with Gasteiger partial charge in [-0.3, -0.25) is 0 Å². The highest BCUT2D eigenvalue weighted by Crippen LogP contribution is 2.23. The lowest BCUT2D eigenvalue weighted by Crippen LogP contribution is -3.13. The van der Waals surface area contributed by atoms with Crippen LogP contribution < -0.4 is 24.2 Å². The van der Waals surface area contributed by atoms with Crippen molar-refractivity contribution in [3.63, 3.8) is 0 Å². The maximum atomic E-state index is 5.55. The third-order valence-electron chi connectivity index (χ3n) is 4.34. The van der Waals surface area contributed by atoms with Gasteiger partial charge < -0.3 is 24.2 Å². The minimum absolute atomic E-state index is 0.903. The number of hydrogen-bond acceptors (Lipinski definition) is 2. The molecule has 0 saturated heterocycles. The van der Waals surface area contributed by atoms with E-state index in [2.05, 4.69) is 34.3 Å². The lowest BCUT2D eigenvalue weighted by atomic mass is 10.1. The third-order valence-corrected chi connectivity index (χ3v) is 4.34. The predicted octanol–water partition coefficient (Wildman–Crippen LogP) is -1.84. The van der Waals surface area contributed by atoms with E-state index in [4.69, 9.17) is 9.47 Å². The van der Waals surface area contributed by atoms with E-state index in [1.165, 1.54) is 54.4 Å². The topological polar surface area (TPSA) is 31.8 Å². The van der Waals surface area contributed by atoms with E-state index < -0.39 is 0 Å². The van der Waals surface area contributed by atoms with Crippen molar-refractivity contribution in [1.29, 1.82) is 0 Å². The Morgan fingerprint density at radius 1 is 0.792 bits per heavy atom.